The summed E-state index contributed by atoms with van der Waals surface area (Å²) in [5.41, 5.74) is 14.0. The first-order valence-corrected chi connectivity index (χ1v) is 20.4. The quantitative estimate of drug-likeness (QED) is 0.159. The van der Waals surface area contributed by atoms with E-state index < -0.39 is 0 Å². The molecule has 5 heteroatoms. The fourth-order valence-corrected chi connectivity index (χ4v) is 8.94. The highest BCUT2D eigenvalue weighted by atomic mass is 16.3. The molecule has 0 aliphatic carbocycles. The molecule has 10 aromatic rings. The van der Waals surface area contributed by atoms with E-state index in [-0.39, 0.29) is 0 Å². The molecule has 1 heterocycles. The summed E-state index contributed by atoms with van der Waals surface area (Å²) in [6.07, 6.45) is 0. The average Bonchev–Trinajstić information content (AvgIpc) is 3.74. The van der Waals surface area contributed by atoms with Crippen LogP contribution in [-0.2, 0) is 0 Å². The van der Waals surface area contributed by atoms with E-state index in [9.17, 15) is 21.0 Å². The lowest BCUT2D eigenvalue weighted by molar-refractivity contribution is 0.669. The third-order valence-corrected chi connectivity index (χ3v) is 11.7. The monoisotopic (exact) mass is 800 g/mol. The van der Waals surface area contributed by atoms with E-state index in [1.54, 1.807) is 24.3 Å². The Kier molecular flexibility index (Phi) is 9.68. The zero-order valence-corrected chi connectivity index (χ0v) is 33.7. The van der Waals surface area contributed by atoms with Crippen molar-refractivity contribution in [2.24, 2.45) is 0 Å². The largest absolute Gasteiger partial charge is 0.456 e. The number of fused-ring (bicyclic) bond motifs is 3. The predicted molar refractivity (Wildman–Crippen MR) is 251 cm³/mol. The maximum absolute atomic E-state index is 10.9. The molecule has 0 atom stereocenters. The molecule has 0 bridgehead atoms. The van der Waals surface area contributed by atoms with E-state index in [1.807, 2.05) is 109 Å². The van der Waals surface area contributed by atoms with Crippen LogP contribution in [0.5, 0.6) is 0 Å². The Morgan fingerprint density at radius 3 is 1.10 bits per heavy atom. The lowest BCUT2D eigenvalue weighted by atomic mass is 9.72. The molecular formula is C58H32N4O. The van der Waals surface area contributed by atoms with Gasteiger partial charge < -0.3 is 4.42 Å². The first kappa shape index (κ1) is 38.0. The summed E-state index contributed by atoms with van der Waals surface area (Å²) in [4.78, 5) is 0. The Hall–Kier alpha value is -9.26. The van der Waals surface area contributed by atoms with Crippen molar-refractivity contribution in [3.63, 3.8) is 0 Å². The molecule has 0 spiro atoms. The van der Waals surface area contributed by atoms with Gasteiger partial charge in [-0.1, -0.05) is 152 Å². The number of hydrogen-bond donors (Lipinski definition) is 0. The summed E-state index contributed by atoms with van der Waals surface area (Å²) in [6.45, 7) is 0. The summed E-state index contributed by atoms with van der Waals surface area (Å²) >= 11 is 0. The van der Waals surface area contributed by atoms with Crippen molar-refractivity contribution in [3.8, 4) is 102 Å². The van der Waals surface area contributed by atoms with Crippen molar-refractivity contribution < 1.29 is 4.42 Å². The van der Waals surface area contributed by atoms with E-state index in [0.29, 0.717) is 61.2 Å². The smallest absolute Gasteiger partial charge is 0.136 e. The lowest BCUT2D eigenvalue weighted by Gasteiger charge is -2.29. The van der Waals surface area contributed by atoms with Crippen molar-refractivity contribution >= 4 is 21.9 Å². The molecule has 9 aromatic carbocycles. The second-order valence-corrected chi connectivity index (χ2v) is 15.1. The molecule has 0 aliphatic rings. The van der Waals surface area contributed by atoms with Gasteiger partial charge in [-0.3, -0.25) is 0 Å². The minimum absolute atomic E-state index is 0.415. The Morgan fingerprint density at radius 1 is 0.270 bits per heavy atom. The summed E-state index contributed by atoms with van der Waals surface area (Å²) in [7, 11) is 0. The highest BCUT2D eigenvalue weighted by Crippen LogP contribution is 2.57. The van der Waals surface area contributed by atoms with Crippen LogP contribution < -0.4 is 0 Å². The highest BCUT2D eigenvalue weighted by Gasteiger charge is 2.32. The molecule has 0 saturated carbocycles. The van der Waals surface area contributed by atoms with Gasteiger partial charge in [-0.2, -0.15) is 21.0 Å². The first-order valence-electron chi connectivity index (χ1n) is 20.4. The van der Waals surface area contributed by atoms with Gasteiger partial charge >= 0.3 is 0 Å². The van der Waals surface area contributed by atoms with Crippen LogP contribution in [0.15, 0.2) is 199 Å². The van der Waals surface area contributed by atoms with Crippen molar-refractivity contribution in [3.05, 3.63) is 216 Å². The lowest BCUT2D eigenvalue weighted by Crippen LogP contribution is -2.05. The molecule has 0 fully saturated rings. The summed E-state index contributed by atoms with van der Waals surface area (Å²) < 4.78 is 6.28. The number of benzene rings is 9. The molecule has 10 rings (SSSR count). The Morgan fingerprint density at radius 2 is 0.619 bits per heavy atom. The van der Waals surface area contributed by atoms with Gasteiger partial charge in [-0.15, -0.1) is 0 Å². The SMILES string of the molecule is N#Cc1ccccc1-c1c(-c2ccccc2)c(-c2ccc(-c3ccc4c(c3)oc3ccccc34)cc2)c(-c2ccccc2C#N)c(-c2ccccc2C#N)c1-c1ccccc1C#N. The maximum Gasteiger partial charge on any atom is 0.136 e. The molecular weight excluding hydrogens is 769 g/mol. The van der Waals surface area contributed by atoms with E-state index in [4.69, 9.17) is 4.42 Å². The van der Waals surface area contributed by atoms with Crippen LogP contribution in [0.2, 0.25) is 0 Å². The van der Waals surface area contributed by atoms with Crippen LogP contribution in [-0.4, -0.2) is 0 Å². The normalized spacial score (nSPS) is 10.8. The fourth-order valence-electron chi connectivity index (χ4n) is 8.94. The van der Waals surface area contributed by atoms with E-state index in [0.717, 1.165) is 60.9 Å². The number of hydrogen-bond acceptors (Lipinski definition) is 5. The predicted octanol–water partition coefficient (Wildman–Crippen LogP) is 14.7. The second kappa shape index (κ2) is 16.1. The van der Waals surface area contributed by atoms with Crippen LogP contribution in [0.4, 0.5) is 0 Å². The van der Waals surface area contributed by atoms with Crippen LogP contribution in [0, 0.1) is 45.3 Å². The van der Waals surface area contributed by atoms with E-state index in [2.05, 4.69) is 84.9 Å². The van der Waals surface area contributed by atoms with Gasteiger partial charge in [0.25, 0.3) is 0 Å². The number of rotatable bonds is 7. The zero-order chi connectivity index (χ0) is 42.9. The van der Waals surface area contributed by atoms with Crippen molar-refractivity contribution in [2.75, 3.05) is 0 Å². The van der Waals surface area contributed by atoms with Crippen molar-refractivity contribution in [1.82, 2.24) is 0 Å². The van der Waals surface area contributed by atoms with E-state index in [1.165, 1.54) is 0 Å². The van der Waals surface area contributed by atoms with Gasteiger partial charge in [0.15, 0.2) is 0 Å². The van der Waals surface area contributed by atoms with Gasteiger partial charge in [0.1, 0.15) is 11.2 Å². The Labute approximate surface area is 364 Å². The topological polar surface area (TPSA) is 108 Å². The third kappa shape index (κ3) is 6.48. The zero-order valence-electron chi connectivity index (χ0n) is 33.7. The molecule has 0 saturated heterocycles. The molecule has 0 amide bonds. The van der Waals surface area contributed by atoms with Gasteiger partial charge in [0, 0.05) is 44.2 Å². The minimum Gasteiger partial charge on any atom is -0.456 e. The van der Waals surface area contributed by atoms with Crippen LogP contribution >= 0.6 is 0 Å². The molecule has 0 N–H and O–H groups in total. The molecule has 63 heavy (non-hydrogen) atoms. The van der Waals surface area contributed by atoms with Gasteiger partial charge in [-0.25, -0.2) is 0 Å². The van der Waals surface area contributed by atoms with Crippen LogP contribution in [0.25, 0.3) is 99.8 Å². The summed E-state index contributed by atoms with van der Waals surface area (Å²) in [6, 6.07) is 72.5. The molecule has 1 aromatic heterocycles. The fraction of sp³-hybridized carbons (Fsp3) is 0. The summed E-state index contributed by atoms with van der Waals surface area (Å²) in [5.74, 6) is 0. The van der Waals surface area contributed by atoms with Crippen LogP contribution in [0.3, 0.4) is 0 Å². The Bertz CT molecular complexity index is 3610. The molecule has 0 unspecified atom stereocenters. The number of nitrogens with zero attached hydrogens (tertiary/aromatic N) is 4. The second-order valence-electron chi connectivity index (χ2n) is 15.1. The molecule has 0 radical (unpaired) electrons. The number of para-hydroxylation sites is 1. The minimum atomic E-state index is 0.415. The third-order valence-electron chi connectivity index (χ3n) is 11.7. The van der Waals surface area contributed by atoms with Crippen molar-refractivity contribution in [1.29, 1.82) is 21.0 Å². The van der Waals surface area contributed by atoms with Gasteiger partial charge in [0.05, 0.1) is 46.5 Å². The average molecular weight is 801 g/mol. The maximum atomic E-state index is 10.9. The van der Waals surface area contributed by atoms with Crippen LogP contribution in [0.1, 0.15) is 22.3 Å². The standard InChI is InChI=1S/C58H32N4O/c59-33-41-16-4-8-20-45(41)55-53(38-14-2-1-3-15-38)54(39-28-26-37(27-29-39)40-30-31-50-49-24-12-13-25-51(49)63-52(50)32-40)56(46-21-9-5-17-42(46)34-60)58(48-23-11-7-19-44(48)36-62)57(55)47-22-10-6-18-43(47)35-61/h1-32H. The molecule has 290 valence electrons. The number of furan rings is 1. The van der Waals surface area contributed by atoms with Gasteiger partial charge in [0.2, 0.25) is 0 Å². The van der Waals surface area contributed by atoms with E-state index >= 15 is 0 Å². The summed E-state index contributed by atoms with van der Waals surface area (Å²) in [5, 5.41) is 45.4. The number of nitriles is 4. The highest BCUT2D eigenvalue weighted by molar-refractivity contribution is 6.17. The Balaban J connectivity index is 1.42. The van der Waals surface area contributed by atoms with Crippen molar-refractivity contribution in [2.45, 2.75) is 0 Å². The van der Waals surface area contributed by atoms with Gasteiger partial charge in [-0.05, 0) is 87.0 Å². The first-order chi connectivity index (χ1) is 31.1. The molecule has 0 aliphatic heterocycles. The molecule has 5 nitrogen and oxygen atoms in total.